The summed E-state index contributed by atoms with van der Waals surface area (Å²) >= 11 is 0. The molecule has 1 aromatic rings. The Labute approximate surface area is 117 Å². The van der Waals surface area contributed by atoms with Crippen molar-refractivity contribution in [3.05, 3.63) is 35.9 Å². The van der Waals surface area contributed by atoms with Gasteiger partial charge in [0.2, 0.25) is 5.91 Å². The lowest BCUT2D eigenvalue weighted by Crippen LogP contribution is -2.46. The summed E-state index contributed by atoms with van der Waals surface area (Å²) in [6, 6.07) is 9.95. The van der Waals surface area contributed by atoms with E-state index in [4.69, 9.17) is 15.7 Å². The molecule has 3 N–H and O–H groups in total. The van der Waals surface area contributed by atoms with Crippen LogP contribution < -0.4 is 11.1 Å². The molecule has 0 aliphatic carbocycles. The van der Waals surface area contributed by atoms with Crippen molar-refractivity contribution in [2.45, 2.75) is 25.0 Å². The molecule has 0 saturated carbocycles. The molecule has 1 aromatic carbocycles. The minimum atomic E-state index is -0.872. The second-order valence-corrected chi connectivity index (χ2v) is 4.19. The van der Waals surface area contributed by atoms with Gasteiger partial charge in [-0.3, -0.25) is 9.59 Å². The number of primary amides is 1. The maximum atomic E-state index is 12.1. The largest absolute Gasteiger partial charge is 0.368 e. The lowest BCUT2D eigenvalue weighted by molar-refractivity contribution is -0.135. The number of ether oxygens (including phenoxy) is 1. The highest BCUT2D eigenvalue weighted by molar-refractivity contribution is 5.89. The molecule has 106 valence electrons. The lowest BCUT2D eigenvalue weighted by Gasteiger charge is -2.19. The van der Waals surface area contributed by atoms with Crippen molar-refractivity contribution in [1.82, 2.24) is 5.32 Å². The van der Waals surface area contributed by atoms with Crippen LogP contribution in [0.5, 0.6) is 0 Å². The molecule has 0 heterocycles. The van der Waals surface area contributed by atoms with Gasteiger partial charge in [-0.1, -0.05) is 30.3 Å². The second kappa shape index (κ2) is 7.92. The van der Waals surface area contributed by atoms with Gasteiger partial charge >= 0.3 is 0 Å². The summed E-state index contributed by atoms with van der Waals surface area (Å²) in [5.41, 5.74) is 5.88. The number of methoxy groups -OCH3 is 1. The number of carbonyl (C=O) groups is 2. The third-order valence-electron chi connectivity index (χ3n) is 2.78. The maximum absolute atomic E-state index is 12.1. The standard InChI is InChI=1S/C14H17N3O3/c1-20-12(10-6-3-2-4-7-10)14(19)17-11(13(16)18)8-5-9-15/h2-4,6-7,11-12H,5,8H2,1H3,(H2,16,18)(H,17,19)/t11-,12+/m1/s1. The minimum Gasteiger partial charge on any atom is -0.368 e. The van der Waals surface area contributed by atoms with Crippen LogP contribution in [0.1, 0.15) is 24.5 Å². The first-order chi connectivity index (χ1) is 9.60. The summed E-state index contributed by atoms with van der Waals surface area (Å²) in [6.07, 6.45) is -0.500. The summed E-state index contributed by atoms with van der Waals surface area (Å²) in [7, 11) is 1.41. The SMILES string of the molecule is CO[C@H](C(=O)N[C@H](CCC#N)C(N)=O)c1ccccc1. The molecule has 0 unspecified atom stereocenters. The van der Waals surface area contributed by atoms with Crippen molar-refractivity contribution in [3.8, 4) is 6.07 Å². The number of nitrogens with zero attached hydrogens (tertiary/aromatic N) is 1. The molecule has 0 bridgehead atoms. The number of nitrogens with two attached hydrogens (primary N) is 1. The molecule has 6 heteroatoms. The Bertz CT molecular complexity index is 496. The van der Waals surface area contributed by atoms with E-state index in [-0.39, 0.29) is 12.8 Å². The molecular formula is C14H17N3O3. The van der Waals surface area contributed by atoms with Crippen molar-refractivity contribution in [2.75, 3.05) is 7.11 Å². The molecule has 1 rings (SSSR count). The van der Waals surface area contributed by atoms with Crippen molar-refractivity contribution in [3.63, 3.8) is 0 Å². The monoisotopic (exact) mass is 275 g/mol. The molecule has 0 aliphatic heterocycles. The zero-order valence-corrected chi connectivity index (χ0v) is 11.2. The highest BCUT2D eigenvalue weighted by Gasteiger charge is 2.24. The summed E-state index contributed by atoms with van der Waals surface area (Å²) < 4.78 is 5.15. The highest BCUT2D eigenvalue weighted by Crippen LogP contribution is 2.16. The Morgan fingerprint density at radius 3 is 2.55 bits per heavy atom. The average Bonchev–Trinajstić information content (AvgIpc) is 2.45. The Hall–Kier alpha value is -2.39. The van der Waals surface area contributed by atoms with Gasteiger partial charge in [0.05, 0.1) is 6.07 Å². The number of benzene rings is 1. The van der Waals surface area contributed by atoms with Gasteiger partial charge in [-0.15, -0.1) is 0 Å². The van der Waals surface area contributed by atoms with Gasteiger partial charge in [0.15, 0.2) is 6.10 Å². The van der Waals surface area contributed by atoms with Gasteiger partial charge < -0.3 is 15.8 Å². The predicted octanol–water partition coefficient (Wildman–Crippen LogP) is 0.648. The van der Waals surface area contributed by atoms with E-state index in [0.717, 1.165) is 0 Å². The molecule has 20 heavy (non-hydrogen) atoms. The molecule has 0 radical (unpaired) electrons. The number of nitriles is 1. The van der Waals surface area contributed by atoms with Crippen molar-refractivity contribution in [1.29, 1.82) is 5.26 Å². The predicted molar refractivity (Wildman–Crippen MR) is 72.2 cm³/mol. The molecular weight excluding hydrogens is 258 g/mol. The third kappa shape index (κ3) is 4.37. The van der Waals surface area contributed by atoms with Gasteiger partial charge in [-0.2, -0.15) is 5.26 Å². The van der Waals surface area contributed by atoms with Gasteiger partial charge in [0.25, 0.3) is 5.91 Å². The molecule has 0 fully saturated rings. The minimum absolute atomic E-state index is 0.136. The zero-order chi connectivity index (χ0) is 15.0. The molecule has 0 aromatic heterocycles. The fourth-order valence-electron chi connectivity index (χ4n) is 1.76. The fraction of sp³-hybridized carbons (Fsp3) is 0.357. The van der Waals surface area contributed by atoms with Crippen LogP contribution in [0.25, 0.3) is 0 Å². The molecule has 0 spiro atoms. The second-order valence-electron chi connectivity index (χ2n) is 4.19. The number of hydrogen-bond donors (Lipinski definition) is 2. The Balaban J connectivity index is 2.76. The fourth-order valence-corrected chi connectivity index (χ4v) is 1.76. The van der Waals surface area contributed by atoms with Crippen LogP contribution in [0.4, 0.5) is 0 Å². The third-order valence-corrected chi connectivity index (χ3v) is 2.78. The topological polar surface area (TPSA) is 105 Å². The number of amides is 2. The number of rotatable bonds is 7. The van der Waals surface area contributed by atoms with E-state index in [1.807, 2.05) is 12.1 Å². The average molecular weight is 275 g/mol. The van der Waals surface area contributed by atoms with E-state index in [0.29, 0.717) is 5.56 Å². The van der Waals surface area contributed by atoms with Gasteiger partial charge in [0.1, 0.15) is 6.04 Å². The van der Waals surface area contributed by atoms with Crippen LogP contribution in [0.15, 0.2) is 30.3 Å². The summed E-state index contributed by atoms with van der Waals surface area (Å²) in [5, 5.41) is 11.0. The van der Waals surface area contributed by atoms with Crippen LogP contribution in [-0.2, 0) is 14.3 Å². The van der Waals surface area contributed by atoms with Crippen LogP contribution >= 0.6 is 0 Å². The van der Waals surface area contributed by atoms with Crippen LogP contribution in [-0.4, -0.2) is 25.0 Å². The molecule has 0 aliphatic rings. The van der Waals surface area contributed by atoms with Crippen LogP contribution in [0.2, 0.25) is 0 Å². The molecule has 6 nitrogen and oxygen atoms in total. The summed E-state index contributed by atoms with van der Waals surface area (Å²) in [4.78, 5) is 23.4. The summed E-state index contributed by atoms with van der Waals surface area (Å²) in [5.74, 6) is -1.13. The Kier molecular flexibility index (Phi) is 6.20. The lowest BCUT2D eigenvalue weighted by atomic mass is 10.1. The Morgan fingerprint density at radius 2 is 2.05 bits per heavy atom. The number of hydrogen-bond acceptors (Lipinski definition) is 4. The molecule has 2 atom stereocenters. The number of carbonyl (C=O) groups excluding carboxylic acids is 2. The van der Waals surface area contributed by atoms with E-state index >= 15 is 0 Å². The van der Waals surface area contributed by atoms with E-state index < -0.39 is 24.0 Å². The molecule has 2 amide bonds. The van der Waals surface area contributed by atoms with Gasteiger partial charge in [-0.25, -0.2) is 0 Å². The van der Waals surface area contributed by atoms with Crippen molar-refractivity contribution in [2.24, 2.45) is 5.73 Å². The molecule has 0 saturated heterocycles. The quantitative estimate of drug-likeness (QED) is 0.762. The van der Waals surface area contributed by atoms with E-state index in [9.17, 15) is 9.59 Å². The number of nitrogens with one attached hydrogen (secondary N) is 1. The first kappa shape index (κ1) is 15.7. The van der Waals surface area contributed by atoms with Crippen LogP contribution in [0.3, 0.4) is 0 Å². The normalized spacial score (nSPS) is 13.0. The first-order valence-corrected chi connectivity index (χ1v) is 6.14. The van der Waals surface area contributed by atoms with Gasteiger partial charge in [-0.05, 0) is 12.0 Å². The van der Waals surface area contributed by atoms with Crippen molar-refractivity contribution < 1.29 is 14.3 Å². The maximum Gasteiger partial charge on any atom is 0.254 e. The van der Waals surface area contributed by atoms with E-state index in [1.165, 1.54) is 7.11 Å². The van der Waals surface area contributed by atoms with E-state index in [2.05, 4.69) is 5.32 Å². The Morgan fingerprint density at radius 1 is 1.40 bits per heavy atom. The summed E-state index contributed by atoms with van der Waals surface area (Å²) in [6.45, 7) is 0. The smallest absolute Gasteiger partial charge is 0.254 e. The zero-order valence-electron chi connectivity index (χ0n) is 11.2. The van der Waals surface area contributed by atoms with Gasteiger partial charge in [0, 0.05) is 13.5 Å². The van der Waals surface area contributed by atoms with Crippen molar-refractivity contribution >= 4 is 11.8 Å². The first-order valence-electron chi connectivity index (χ1n) is 6.14. The van der Waals surface area contributed by atoms with Crippen LogP contribution in [0, 0.1) is 11.3 Å². The highest BCUT2D eigenvalue weighted by atomic mass is 16.5. The van der Waals surface area contributed by atoms with E-state index in [1.54, 1.807) is 24.3 Å².